The molecule has 3 nitrogen and oxygen atoms in total. The van der Waals surface area contributed by atoms with Crippen LogP contribution in [0, 0.1) is 17.5 Å². The maximum Gasteiger partial charge on any atom is 0.224 e. The zero-order valence-electron chi connectivity index (χ0n) is 10.5. The van der Waals surface area contributed by atoms with Crippen LogP contribution in [-0.2, 0) is 4.79 Å². The van der Waals surface area contributed by atoms with Gasteiger partial charge in [-0.25, -0.2) is 13.2 Å². The molecule has 106 valence electrons. The highest BCUT2D eigenvalue weighted by Gasteiger charge is 2.13. The first-order valence-electron chi connectivity index (χ1n) is 6.19. The van der Waals surface area contributed by atoms with E-state index in [0.29, 0.717) is 25.1 Å². The van der Waals surface area contributed by atoms with Crippen LogP contribution in [0.1, 0.15) is 32.1 Å². The number of carbonyl (C=O) groups is 1. The average molecular weight is 274 g/mol. The molecule has 0 aliphatic heterocycles. The molecule has 0 radical (unpaired) electrons. The first kappa shape index (κ1) is 15.5. The fourth-order valence-corrected chi connectivity index (χ4v) is 1.65. The molecule has 1 amide bonds. The van der Waals surface area contributed by atoms with Crippen LogP contribution in [-0.4, -0.2) is 12.5 Å². The Bertz CT molecular complexity index is 415. The summed E-state index contributed by atoms with van der Waals surface area (Å²) in [6.07, 6.45) is 3.43. The van der Waals surface area contributed by atoms with Crippen molar-refractivity contribution < 1.29 is 18.0 Å². The monoisotopic (exact) mass is 274 g/mol. The molecule has 0 aliphatic rings. The molecule has 6 heteroatoms. The van der Waals surface area contributed by atoms with Gasteiger partial charge >= 0.3 is 0 Å². The van der Waals surface area contributed by atoms with Gasteiger partial charge in [0.05, 0.1) is 0 Å². The third-order valence-corrected chi connectivity index (χ3v) is 2.63. The molecule has 3 N–H and O–H groups in total. The van der Waals surface area contributed by atoms with Crippen LogP contribution in [0.4, 0.5) is 18.9 Å². The number of benzene rings is 1. The van der Waals surface area contributed by atoms with E-state index >= 15 is 0 Å². The van der Waals surface area contributed by atoms with Crippen molar-refractivity contribution in [1.82, 2.24) is 0 Å². The summed E-state index contributed by atoms with van der Waals surface area (Å²) in [5.41, 5.74) is 4.72. The maximum atomic E-state index is 13.3. The summed E-state index contributed by atoms with van der Waals surface area (Å²) >= 11 is 0. The smallest absolute Gasteiger partial charge is 0.224 e. The summed E-state index contributed by atoms with van der Waals surface area (Å²) in [6.45, 7) is 0.609. The van der Waals surface area contributed by atoms with Gasteiger partial charge < -0.3 is 11.1 Å². The molecule has 19 heavy (non-hydrogen) atoms. The second kappa shape index (κ2) is 7.78. The van der Waals surface area contributed by atoms with Crippen molar-refractivity contribution in [2.45, 2.75) is 32.1 Å². The zero-order chi connectivity index (χ0) is 14.3. The van der Waals surface area contributed by atoms with E-state index in [1.165, 1.54) is 0 Å². The Labute approximate surface area is 110 Å². The Morgan fingerprint density at radius 3 is 2.21 bits per heavy atom. The van der Waals surface area contributed by atoms with E-state index in [1.807, 2.05) is 0 Å². The lowest BCUT2D eigenvalue weighted by Gasteiger charge is -2.07. The van der Waals surface area contributed by atoms with Crippen molar-refractivity contribution in [3.05, 3.63) is 29.6 Å². The minimum atomic E-state index is -1.12. The Balaban J connectivity index is 2.44. The number of halogens is 3. The van der Waals surface area contributed by atoms with Crippen molar-refractivity contribution in [3.8, 4) is 0 Å². The highest BCUT2D eigenvalue weighted by molar-refractivity contribution is 5.90. The van der Waals surface area contributed by atoms with E-state index in [2.05, 4.69) is 5.32 Å². The predicted molar refractivity (Wildman–Crippen MR) is 67.1 cm³/mol. The number of hydrogen-bond donors (Lipinski definition) is 2. The number of hydrogen-bond acceptors (Lipinski definition) is 2. The molecule has 0 fully saturated rings. The van der Waals surface area contributed by atoms with Crippen LogP contribution < -0.4 is 11.1 Å². The summed E-state index contributed by atoms with van der Waals surface area (Å²) in [6, 6.07) is 1.06. The lowest BCUT2D eigenvalue weighted by Crippen LogP contribution is -2.14. The number of amides is 1. The fourth-order valence-electron chi connectivity index (χ4n) is 1.65. The predicted octanol–water partition coefficient (Wildman–Crippen LogP) is 2.95. The Morgan fingerprint density at radius 2 is 1.63 bits per heavy atom. The van der Waals surface area contributed by atoms with Gasteiger partial charge in [-0.15, -0.1) is 0 Å². The molecule has 0 aliphatic carbocycles. The van der Waals surface area contributed by atoms with E-state index < -0.39 is 29.0 Å². The second-order valence-electron chi connectivity index (χ2n) is 4.25. The summed E-state index contributed by atoms with van der Waals surface area (Å²) in [4.78, 5) is 11.5. The van der Waals surface area contributed by atoms with E-state index in [-0.39, 0.29) is 6.42 Å². The van der Waals surface area contributed by atoms with Gasteiger partial charge in [0, 0.05) is 18.6 Å². The van der Waals surface area contributed by atoms with E-state index in [0.717, 1.165) is 19.3 Å². The molecule has 1 rings (SSSR count). The molecule has 0 bridgehead atoms. The third kappa shape index (κ3) is 5.30. The fraction of sp³-hybridized carbons (Fsp3) is 0.462. The molecular formula is C13H17F3N2O. The van der Waals surface area contributed by atoms with Gasteiger partial charge in [-0.05, 0) is 19.4 Å². The van der Waals surface area contributed by atoms with Gasteiger partial charge in [0.2, 0.25) is 5.91 Å². The Hall–Kier alpha value is -1.56. The molecular weight excluding hydrogens is 257 g/mol. The van der Waals surface area contributed by atoms with Crippen LogP contribution in [0.5, 0.6) is 0 Å². The molecule has 1 aromatic rings. The molecule has 1 aromatic carbocycles. The van der Waals surface area contributed by atoms with E-state index in [9.17, 15) is 18.0 Å². The summed E-state index contributed by atoms with van der Waals surface area (Å²) in [5, 5.41) is 2.12. The molecule has 0 spiro atoms. The first-order chi connectivity index (χ1) is 9.04. The largest absolute Gasteiger partial charge is 0.330 e. The molecule has 0 aromatic heterocycles. The minimum absolute atomic E-state index is 0.167. The molecule has 0 unspecified atom stereocenters. The molecule has 0 saturated heterocycles. The van der Waals surface area contributed by atoms with Gasteiger partial charge in [0.15, 0.2) is 11.6 Å². The minimum Gasteiger partial charge on any atom is -0.330 e. The van der Waals surface area contributed by atoms with Gasteiger partial charge in [0.25, 0.3) is 0 Å². The van der Waals surface area contributed by atoms with Crippen LogP contribution in [0.2, 0.25) is 0 Å². The summed E-state index contributed by atoms with van der Waals surface area (Å²) in [5.74, 6) is -3.74. The summed E-state index contributed by atoms with van der Waals surface area (Å²) in [7, 11) is 0. The Kier molecular flexibility index (Phi) is 6.35. The normalized spacial score (nSPS) is 10.5. The molecule has 0 heterocycles. The SMILES string of the molecule is NCCCCCCC(=O)Nc1c(F)cc(F)cc1F. The summed E-state index contributed by atoms with van der Waals surface area (Å²) < 4.78 is 39.2. The number of carbonyl (C=O) groups excluding carboxylic acids is 1. The highest BCUT2D eigenvalue weighted by atomic mass is 19.1. The molecule has 0 atom stereocenters. The number of rotatable bonds is 7. The van der Waals surface area contributed by atoms with Crippen LogP contribution >= 0.6 is 0 Å². The first-order valence-corrected chi connectivity index (χ1v) is 6.19. The van der Waals surface area contributed by atoms with Gasteiger partial charge in [-0.3, -0.25) is 4.79 Å². The second-order valence-corrected chi connectivity index (χ2v) is 4.25. The number of nitrogens with one attached hydrogen (secondary N) is 1. The van der Waals surface area contributed by atoms with Crippen molar-refractivity contribution >= 4 is 11.6 Å². The average Bonchev–Trinajstić information content (AvgIpc) is 2.33. The highest BCUT2D eigenvalue weighted by Crippen LogP contribution is 2.20. The number of nitrogens with two attached hydrogens (primary N) is 1. The lowest BCUT2D eigenvalue weighted by atomic mass is 10.1. The van der Waals surface area contributed by atoms with Gasteiger partial charge in [-0.1, -0.05) is 12.8 Å². The number of anilines is 1. The number of unbranched alkanes of at least 4 members (excludes halogenated alkanes) is 3. The van der Waals surface area contributed by atoms with E-state index in [1.54, 1.807) is 0 Å². The quantitative estimate of drug-likeness (QED) is 0.751. The van der Waals surface area contributed by atoms with E-state index in [4.69, 9.17) is 5.73 Å². The topological polar surface area (TPSA) is 55.1 Å². The lowest BCUT2D eigenvalue weighted by molar-refractivity contribution is -0.116. The van der Waals surface area contributed by atoms with Gasteiger partial charge in [-0.2, -0.15) is 0 Å². The molecule has 0 saturated carbocycles. The Morgan fingerprint density at radius 1 is 1.05 bits per heavy atom. The zero-order valence-corrected chi connectivity index (χ0v) is 10.5. The maximum absolute atomic E-state index is 13.3. The van der Waals surface area contributed by atoms with Crippen molar-refractivity contribution in [2.24, 2.45) is 5.73 Å². The van der Waals surface area contributed by atoms with Crippen LogP contribution in [0.15, 0.2) is 12.1 Å². The van der Waals surface area contributed by atoms with Crippen LogP contribution in [0.25, 0.3) is 0 Å². The van der Waals surface area contributed by atoms with Gasteiger partial charge in [0.1, 0.15) is 11.5 Å². The van der Waals surface area contributed by atoms with Crippen LogP contribution in [0.3, 0.4) is 0 Å². The standard InChI is InChI=1S/C13H17F3N2O/c14-9-7-10(15)13(11(16)8-9)18-12(19)5-3-1-2-4-6-17/h7-8H,1-6,17H2,(H,18,19). The van der Waals surface area contributed by atoms with Crippen molar-refractivity contribution in [3.63, 3.8) is 0 Å². The van der Waals surface area contributed by atoms with Crippen molar-refractivity contribution in [1.29, 1.82) is 0 Å². The third-order valence-electron chi connectivity index (χ3n) is 2.63. The van der Waals surface area contributed by atoms with Crippen molar-refractivity contribution in [2.75, 3.05) is 11.9 Å².